The van der Waals surface area contributed by atoms with E-state index in [4.69, 9.17) is 0 Å². The van der Waals surface area contributed by atoms with Crippen LogP contribution in [0, 0.1) is 12.7 Å². The zero-order valence-electron chi connectivity index (χ0n) is 14.7. The van der Waals surface area contributed by atoms with Crippen molar-refractivity contribution in [2.24, 2.45) is 7.05 Å². The summed E-state index contributed by atoms with van der Waals surface area (Å²) in [6, 6.07) is 7.14. The highest BCUT2D eigenvalue weighted by molar-refractivity contribution is 5.91. The smallest absolute Gasteiger partial charge is 0.291 e. The molecule has 3 aromatic heterocycles. The van der Waals surface area contributed by atoms with Gasteiger partial charge in [-0.15, -0.1) is 5.10 Å². The molecular weight excluding hydrogens is 349 g/mol. The summed E-state index contributed by atoms with van der Waals surface area (Å²) in [6.45, 7) is 1.84. The van der Waals surface area contributed by atoms with Gasteiger partial charge in [0.05, 0.1) is 0 Å². The first-order chi connectivity index (χ1) is 13.0. The molecule has 8 nitrogen and oxygen atoms in total. The van der Waals surface area contributed by atoms with Crippen LogP contribution < -0.4 is 5.32 Å². The lowest BCUT2D eigenvalue weighted by Gasteiger charge is -2.18. The molecule has 136 valence electrons. The van der Waals surface area contributed by atoms with E-state index in [-0.39, 0.29) is 5.82 Å². The normalized spacial score (nSPS) is 12.3. The van der Waals surface area contributed by atoms with Gasteiger partial charge in [0, 0.05) is 31.3 Å². The van der Waals surface area contributed by atoms with E-state index >= 15 is 0 Å². The molecule has 0 aliphatic rings. The zero-order chi connectivity index (χ0) is 19.0. The van der Waals surface area contributed by atoms with Crippen LogP contribution in [-0.4, -0.2) is 35.0 Å². The number of benzene rings is 1. The summed E-state index contributed by atoms with van der Waals surface area (Å²) in [5.74, 6) is -0.0253. The molecule has 0 spiro atoms. The minimum absolute atomic E-state index is 0.0209. The monoisotopic (exact) mass is 365 g/mol. The number of nitrogens with zero attached hydrogens (tertiary/aromatic N) is 6. The molecule has 4 aromatic rings. The second kappa shape index (κ2) is 6.60. The predicted molar refractivity (Wildman–Crippen MR) is 94.4 cm³/mol. The van der Waals surface area contributed by atoms with Crippen LogP contribution in [0.15, 0.2) is 48.9 Å². The van der Waals surface area contributed by atoms with Gasteiger partial charge in [-0.2, -0.15) is 4.98 Å². The molecule has 0 radical (unpaired) electrons. The fourth-order valence-electron chi connectivity index (χ4n) is 2.84. The van der Waals surface area contributed by atoms with E-state index in [9.17, 15) is 9.18 Å². The molecule has 27 heavy (non-hydrogen) atoms. The van der Waals surface area contributed by atoms with Crippen molar-refractivity contribution >= 4 is 11.7 Å². The summed E-state index contributed by atoms with van der Waals surface area (Å²) in [6.07, 6.45) is 4.97. The Morgan fingerprint density at radius 2 is 2.07 bits per heavy atom. The topological polar surface area (TPSA) is 90.0 Å². The Balaban J connectivity index is 1.71. The van der Waals surface area contributed by atoms with E-state index in [2.05, 4.69) is 25.4 Å². The van der Waals surface area contributed by atoms with Gasteiger partial charge in [-0.05, 0) is 30.7 Å². The molecule has 0 unspecified atom stereocenters. The van der Waals surface area contributed by atoms with E-state index < -0.39 is 17.8 Å². The molecule has 4 rings (SSSR count). The molecule has 0 saturated heterocycles. The van der Waals surface area contributed by atoms with Crippen molar-refractivity contribution in [3.8, 4) is 0 Å². The summed E-state index contributed by atoms with van der Waals surface area (Å²) >= 11 is 0. The predicted octanol–water partition coefficient (Wildman–Crippen LogP) is 1.82. The maximum atomic E-state index is 13.7. The fraction of sp³-hybridized carbons (Fsp3) is 0.167. The molecule has 1 N–H and O–H groups in total. The van der Waals surface area contributed by atoms with Crippen molar-refractivity contribution in [2.45, 2.75) is 13.0 Å². The quantitative estimate of drug-likeness (QED) is 0.596. The second-order valence-corrected chi connectivity index (χ2v) is 6.09. The molecule has 0 aliphatic carbocycles. The maximum Gasteiger partial charge on any atom is 0.291 e. The van der Waals surface area contributed by atoms with Crippen LogP contribution in [-0.2, 0) is 7.05 Å². The number of rotatable bonds is 4. The Morgan fingerprint density at radius 3 is 2.78 bits per heavy atom. The molecule has 1 aromatic carbocycles. The van der Waals surface area contributed by atoms with Crippen molar-refractivity contribution in [2.75, 3.05) is 0 Å². The van der Waals surface area contributed by atoms with Gasteiger partial charge in [-0.1, -0.05) is 12.1 Å². The Morgan fingerprint density at radius 1 is 1.22 bits per heavy atom. The number of imidazole rings is 1. The third kappa shape index (κ3) is 3.14. The first-order valence-electron chi connectivity index (χ1n) is 8.25. The second-order valence-electron chi connectivity index (χ2n) is 6.09. The van der Waals surface area contributed by atoms with Crippen molar-refractivity contribution in [3.05, 3.63) is 77.6 Å². The first kappa shape index (κ1) is 16.8. The minimum atomic E-state index is -0.658. The standard InChI is InChI=1S/C18H16FN7O/c1-11-6-7-21-18-23-15(24-26(11)18)17(27)22-14(16-20-8-9-25(16)2)12-4-3-5-13(19)10-12/h3-10,14H,1-2H3,(H,22,27)/t14-/m1/s1. The number of carbonyl (C=O) groups is 1. The van der Waals surface area contributed by atoms with Crippen molar-refractivity contribution in [1.82, 2.24) is 34.4 Å². The molecule has 1 atom stereocenters. The van der Waals surface area contributed by atoms with Crippen molar-refractivity contribution in [3.63, 3.8) is 0 Å². The number of hydrogen-bond donors (Lipinski definition) is 1. The summed E-state index contributed by atoms with van der Waals surface area (Å²) in [4.78, 5) is 25.4. The molecule has 0 aliphatic heterocycles. The Bertz CT molecular complexity index is 1130. The van der Waals surface area contributed by atoms with Crippen LogP contribution in [0.25, 0.3) is 5.78 Å². The third-order valence-corrected chi connectivity index (χ3v) is 4.21. The van der Waals surface area contributed by atoms with Gasteiger partial charge in [0.25, 0.3) is 11.7 Å². The first-order valence-corrected chi connectivity index (χ1v) is 8.25. The van der Waals surface area contributed by atoms with Gasteiger partial charge >= 0.3 is 0 Å². The van der Waals surface area contributed by atoms with Crippen LogP contribution in [0.5, 0.6) is 0 Å². The third-order valence-electron chi connectivity index (χ3n) is 4.21. The van der Waals surface area contributed by atoms with Crippen LogP contribution >= 0.6 is 0 Å². The number of aromatic nitrogens is 6. The fourth-order valence-corrected chi connectivity index (χ4v) is 2.84. The van der Waals surface area contributed by atoms with Gasteiger partial charge in [0.1, 0.15) is 17.7 Å². The van der Waals surface area contributed by atoms with Gasteiger partial charge in [0.15, 0.2) is 0 Å². The Labute approximate surface area is 153 Å². The summed E-state index contributed by atoms with van der Waals surface area (Å²) in [5, 5.41) is 7.06. The van der Waals surface area contributed by atoms with Gasteiger partial charge in [-0.25, -0.2) is 18.9 Å². The van der Waals surface area contributed by atoms with E-state index in [0.717, 1.165) is 5.69 Å². The molecule has 0 fully saturated rings. The average Bonchev–Trinajstić information content (AvgIpc) is 3.27. The van der Waals surface area contributed by atoms with E-state index in [1.165, 1.54) is 16.6 Å². The summed E-state index contributed by atoms with van der Waals surface area (Å²) in [5.41, 5.74) is 1.37. The van der Waals surface area contributed by atoms with Crippen LogP contribution in [0.3, 0.4) is 0 Å². The number of halogens is 1. The lowest BCUT2D eigenvalue weighted by atomic mass is 10.1. The van der Waals surface area contributed by atoms with E-state index in [0.29, 0.717) is 17.2 Å². The van der Waals surface area contributed by atoms with Gasteiger partial charge < -0.3 is 9.88 Å². The molecule has 0 saturated carbocycles. The minimum Gasteiger partial charge on any atom is -0.336 e. The SMILES string of the molecule is Cc1ccnc2nc(C(=O)N[C@H](c3cccc(F)c3)c3nccn3C)nn12. The van der Waals surface area contributed by atoms with Crippen LogP contribution in [0.1, 0.15) is 33.7 Å². The highest BCUT2D eigenvalue weighted by Gasteiger charge is 2.24. The summed E-state index contributed by atoms with van der Waals surface area (Å²) in [7, 11) is 1.80. The zero-order valence-corrected chi connectivity index (χ0v) is 14.7. The Hall–Kier alpha value is -3.62. The van der Waals surface area contributed by atoms with Gasteiger partial charge in [-0.3, -0.25) is 4.79 Å². The van der Waals surface area contributed by atoms with Gasteiger partial charge in [0.2, 0.25) is 5.82 Å². The highest BCUT2D eigenvalue weighted by Crippen LogP contribution is 2.21. The largest absolute Gasteiger partial charge is 0.336 e. The molecule has 1 amide bonds. The molecule has 0 bridgehead atoms. The van der Waals surface area contributed by atoms with E-state index in [1.54, 1.807) is 48.4 Å². The Kier molecular flexibility index (Phi) is 4.11. The van der Waals surface area contributed by atoms with Crippen molar-refractivity contribution in [1.29, 1.82) is 0 Å². The average molecular weight is 365 g/mol. The number of fused-ring (bicyclic) bond motifs is 1. The number of nitrogens with one attached hydrogen (secondary N) is 1. The molecular formula is C18H16FN7O. The number of aryl methyl sites for hydroxylation is 2. The lowest BCUT2D eigenvalue weighted by molar-refractivity contribution is 0.0931. The number of carbonyl (C=O) groups excluding carboxylic acids is 1. The maximum absolute atomic E-state index is 13.7. The van der Waals surface area contributed by atoms with Crippen LogP contribution in [0.4, 0.5) is 4.39 Å². The van der Waals surface area contributed by atoms with Crippen molar-refractivity contribution < 1.29 is 9.18 Å². The molecule has 9 heteroatoms. The lowest BCUT2D eigenvalue weighted by Crippen LogP contribution is -2.32. The summed E-state index contributed by atoms with van der Waals surface area (Å²) < 4.78 is 17.0. The molecule has 3 heterocycles. The number of hydrogen-bond acceptors (Lipinski definition) is 5. The number of amides is 1. The van der Waals surface area contributed by atoms with E-state index in [1.807, 2.05) is 6.92 Å². The highest BCUT2D eigenvalue weighted by atomic mass is 19.1. The van der Waals surface area contributed by atoms with Crippen LogP contribution in [0.2, 0.25) is 0 Å².